The van der Waals surface area contributed by atoms with E-state index < -0.39 is 35.8 Å². The summed E-state index contributed by atoms with van der Waals surface area (Å²) in [6.45, 7) is 4.48. The fourth-order valence-corrected chi connectivity index (χ4v) is 11.6. The molecule has 0 heterocycles. The van der Waals surface area contributed by atoms with Crippen LogP contribution >= 0.6 is 0 Å². The van der Waals surface area contributed by atoms with Gasteiger partial charge < -0.3 is 19.5 Å². The summed E-state index contributed by atoms with van der Waals surface area (Å²) < 4.78 is 20.7. The lowest BCUT2D eigenvalue weighted by Crippen LogP contribution is -2.55. The Morgan fingerprint density at radius 2 is 0.659 bits per heavy atom. The van der Waals surface area contributed by atoms with Gasteiger partial charge in [0.1, 0.15) is 11.7 Å². The number of amides is 1. The summed E-state index contributed by atoms with van der Waals surface area (Å²) in [5.41, 5.74) is 2.33. The average molecular weight is 1120 g/mol. The van der Waals surface area contributed by atoms with E-state index in [1.807, 2.05) is 91.0 Å². The highest BCUT2D eigenvalue weighted by atomic mass is 16.6. The van der Waals surface area contributed by atoms with Crippen molar-refractivity contribution < 1.29 is 28.6 Å². The first-order valence-corrected chi connectivity index (χ1v) is 33.1. The number of hydrogen-bond donors (Lipinski definition) is 1. The van der Waals surface area contributed by atoms with Crippen molar-refractivity contribution in [1.29, 1.82) is 0 Å². The summed E-state index contributed by atoms with van der Waals surface area (Å²) in [7, 11) is 0. The number of hydrogen-bond acceptors (Lipinski definition) is 6. The van der Waals surface area contributed by atoms with Crippen LogP contribution in [0.2, 0.25) is 0 Å². The number of benzene rings is 5. The van der Waals surface area contributed by atoms with Gasteiger partial charge in [-0.1, -0.05) is 340 Å². The van der Waals surface area contributed by atoms with E-state index in [0.29, 0.717) is 24.0 Å². The Bertz CT molecular complexity index is 2250. The summed E-state index contributed by atoms with van der Waals surface area (Å²) in [6, 6.07) is 47.5. The van der Waals surface area contributed by atoms with Crippen LogP contribution in [0.15, 0.2) is 152 Å². The third kappa shape index (κ3) is 26.4. The Morgan fingerprint density at radius 1 is 0.366 bits per heavy atom. The lowest BCUT2D eigenvalue weighted by molar-refractivity contribution is -0.126. The average Bonchev–Trinajstić information content (AvgIpc) is 2.84. The minimum Gasteiger partial charge on any atom is -0.455 e. The van der Waals surface area contributed by atoms with Gasteiger partial charge in [-0.05, 0) is 60.2 Å². The molecule has 0 fully saturated rings. The maximum Gasteiger partial charge on any atom is 0.338 e. The van der Waals surface area contributed by atoms with E-state index in [1.165, 1.54) is 167 Å². The van der Waals surface area contributed by atoms with Crippen molar-refractivity contribution in [3.8, 4) is 0 Å². The second-order valence-electron chi connectivity index (χ2n) is 23.3. The molecule has 5 aromatic rings. The molecule has 0 bridgehead atoms. The highest BCUT2D eigenvalue weighted by Crippen LogP contribution is 2.41. The molecule has 5 rings (SSSR count). The zero-order valence-corrected chi connectivity index (χ0v) is 51.1. The van der Waals surface area contributed by atoms with Crippen molar-refractivity contribution in [2.75, 3.05) is 6.61 Å². The van der Waals surface area contributed by atoms with Crippen LogP contribution in [0.5, 0.6) is 0 Å². The van der Waals surface area contributed by atoms with Crippen molar-refractivity contribution >= 4 is 17.8 Å². The van der Waals surface area contributed by atoms with Gasteiger partial charge in [0.05, 0.1) is 23.8 Å². The number of nitrogens with one attached hydrogen (secondary N) is 1. The molecule has 0 unspecified atom stereocenters. The van der Waals surface area contributed by atoms with Crippen molar-refractivity contribution in [1.82, 2.24) is 5.32 Å². The monoisotopic (exact) mass is 1120 g/mol. The van der Waals surface area contributed by atoms with E-state index in [4.69, 9.17) is 14.2 Å². The van der Waals surface area contributed by atoms with Crippen molar-refractivity contribution in [3.63, 3.8) is 0 Å². The molecule has 0 saturated heterocycles. The van der Waals surface area contributed by atoms with Gasteiger partial charge in [0.2, 0.25) is 5.91 Å². The largest absolute Gasteiger partial charge is 0.455 e. The molecule has 0 saturated carbocycles. The maximum absolute atomic E-state index is 14.6. The van der Waals surface area contributed by atoms with Gasteiger partial charge in [0.25, 0.3) is 0 Å². The molecular weight excluding hydrogens is 1010 g/mol. The van der Waals surface area contributed by atoms with Gasteiger partial charge >= 0.3 is 11.9 Å². The van der Waals surface area contributed by atoms with Crippen molar-refractivity contribution in [2.45, 2.75) is 262 Å². The first-order valence-electron chi connectivity index (χ1n) is 33.1. The van der Waals surface area contributed by atoms with Crippen LogP contribution in [0, 0.1) is 0 Å². The zero-order chi connectivity index (χ0) is 57.8. The van der Waals surface area contributed by atoms with Gasteiger partial charge in [-0.25, -0.2) is 9.59 Å². The summed E-state index contributed by atoms with van der Waals surface area (Å²) in [5.74, 6) is -1.23. The Balaban J connectivity index is 1.30. The maximum atomic E-state index is 14.6. The highest BCUT2D eigenvalue weighted by molar-refractivity contribution is 5.90. The van der Waals surface area contributed by atoms with E-state index in [-0.39, 0.29) is 12.5 Å². The lowest BCUT2D eigenvalue weighted by atomic mass is 9.80. The predicted octanol–water partition coefficient (Wildman–Crippen LogP) is 20.6. The summed E-state index contributed by atoms with van der Waals surface area (Å²) >= 11 is 0. The molecule has 3 atom stereocenters. The molecule has 0 aromatic heterocycles. The molecule has 0 spiro atoms. The molecule has 448 valence electrons. The number of rotatable bonds is 48. The molecule has 7 nitrogen and oxygen atoms in total. The molecule has 0 aliphatic heterocycles. The predicted molar refractivity (Wildman–Crippen MR) is 341 cm³/mol. The molecule has 82 heavy (non-hydrogen) atoms. The van der Waals surface area contributed by atoms with E-state index in [0.717, 1.165) is 61.6 Å². The van der Waals surface area contributed by atoms with Gasteiger partial charge in [-0.2, -0.15) is 0 Å². The van der Waals surface area contributed by atoms with Crippen molar-refractivity contribution in [2.24, 2.45) is 0 Å². The smallest absolute Gasteiger partial charge is 0.338 e. The summed E-state index contributed by atoms with van der Waals surface area (Å²) in [5, 5.41) is 3.37. The second-order valence-corrected chi connectivity index (χ2v) is 23.3. The number of unbranched alkanes of at least 4 members (excludes halogenated alkanes) is 31. The molecule has 0 aliphatic carbocycles. The normalized spacial score (nSPS) is 12.6. The number of carbonyl (C=O) groups excluding carboxylic acids is 3. The van der Waals surface area contributed by atoms with E-state index >= 15 is 0 Å². The quantitative estimate of drug-likeness (QED) is 0.0237. The van der Waals surface area contributed by atoms with E-state index in [9.17, 15) is 14.4 Å². The van der Waals surface area contributed by atoms with Crippen molar-refractivity contribution in [3.05, 3.63) is 179 Å². The third-order valence-corrected chi connectivity index (χ3v) is 16.5. The Kier molecular flexibility index (Phi) is 35.4. The molecule has 1 amide bonds. The minimum atomic E-state index is -1.14. The molecular formula is C75H107NO6. The van der Waals surface area contributed by atoms with E-state index in [2.05, 4.69) is 55.6 Å². The molecule has 0 aliphatic rings. The Labute approximate surface area is 497 Å². The van der Waals surface area contributed by atoms with Gasteiger partial charge in [0, 0.05) is 6.42 Å². The molecule has 5 aromatic carbocycles. The third-order valence-electron chi connectivity index (χ3n) is 16.5. The van der Waals surface area contributed by atoms with Crippen LogP contribution in [0.3, 0.4) is 0 Å². The SMILES string of the molecule is CCCCCCCCCCCCCCCCCCCCCCCC(=O)N[C@@H](COC(c1ccccc1)(c1ccccc1)c1ccccc1)[C@H](OC(=O)c1ccccc1)[C@@H](CCCCCCCCCCCCCC)OC(=O)c1ccccc1. The Hall–Kier alpha value is -5.53. The highest BCUT2D eigenvalue weighted by Gasteiger charge is 2.42. The second kappa shape index (κ2) is 43.2. The minimum absolute atomic E-state index is 0.0751. The van der Waals surface area contributed by atoms with Gasteiger partial charge in [-0.3, -0.25) is 4.79 Å². The molecule has 0 radical (unpaired) electrons. The van der Waals surface area contributed by atoms with Crippen LogP contribution in [-0.4, -0.2) is 42.7 Å². The first kappa shape index (κ1) is 67.3. The number of carbonyl (C=O) groups is 3. The topological polar surface area (TPSA) is 90.9 Å². The number of ether oxygens (including phenoxy) is 3. The van der Waals surface area contributed by atoms with Gasteiger partial charge in [-0.15, -0.1) is 0 Å². The van der Waals surface area contributed by atoms with Crippen LogP contribution < -0.4 is 5.32 Å². The van der Waals surface area contributed by atoms with Crippen LogP contribution in [0.1, 0.15) is 276 Å². The lowest BCUT2D eigenvalue weighted by Gasteiger charge is -2.39. The number of esters is 2. The van der Waals surface area contributed by atoms with E-state index in [1.54, 1.807) is 24.3 Å². The van der Waals surface area contributed by atoms with Crippen LogP contribution in [-0.2, 0) is 24.6 Å². The molecule has 1 N–H and O–H groups in total. The van der Waals surface area contributed by atoms with Crippen LogP contribution in [0.25, 0.3) is 0 Å². The summed E-state index contributed by atoms with van der Waals surface area (Å²) in [4.78, 5) is 43.4. The Morgan fingerprint density at radius 3 is 1.00 bits per heavy atom. The fraction of sp³-hybridized carbons (Fsp3) is 0.560. The molecule has 7 heteroatoms. The standard InChI is InChI=1S/C75H107NO6/c1-3-5-7-9-11-13-15-17-18-19-20-21-22-23-24-25-27-29-31-33-50-62-71(77)76-69(63-80-75(66-55-43-36-44-56-66,67-57-45-37-46-58-67)68-59-47-38-48-60-68)72(82-74(79)65-53-41-35-42-54-65)70(81-73(78)64-51-39-34-40-52-64)61-49-32-30-28-26-16-14-12-10-8-6-4-2/h34-48,51-60,69-70,72H,3-33,49-50,61-63H2,1-2H3,(H,76,77)/t69-,70+,72-/m0/s1. The first-order chi connectivity index (χ1) is 40.5. The van der Waals surface area contributed by atoms with Crippen LogP contribution in [0.4, 0.5) is 0 Å². The summed E-state index contributed by atoms with van der Waals surface area (Å²) in [6.07, 6.45) is 40.1. The zero-order valence-electron chi connectivity index (χ0n) is 51.1. The fourth-order valence-electron chi connectivity index (χ4n) is 11.6. The van der Waals surface area contributed by atoms with Gasteiger partial charge in [0.15, 0.2) is 6.10 Å².